The summed E-state index contributed by atoms with van der Waals surface area (Å²) in [5.41, 5.74) is 1.01. The lowest BCUT2D eigenvalue weighted by atomic mass is 9.82. The molecule has 2 amide bonds. The van der Waals surface area contributed by atoms with Gasteiger partial charge in [0.05, 0.1) is 22.5 Å². The molecule has 1 aromatic carbocycles. The van der Waals surface area contributed by atoms with Crippen molar-refractivity contribution in [2.24, 2.45) is 29.6 Å². The largest absolute Gasteiger partial charge is 0.481 e. The third kappa shape index (κ3) is 4.04. The van der Waals surface area contributed by atoms with Crippen molar-refractivity contribution >= 4 is 40.8 Å². The Labute approximate surface area is 174 Å². The fourth-order valence-electron chi connectivity index (χ4n) is 5.04. The van der Waals surface area contributed by atoms with Gasteiger partial charge in [-0.2, -0.15) is 0 Å². The first kappa shape index (κ1) is 20.0. The van der Waals surface area contributed by atoms with Gasteiger partial charge in [0, 0.05) is 11.6 Å². The Morgan fingerprint density at radius 3 is 2.28 bits per heavy atom. The topological polar surface area (TPSA) is 95.5 Å². The first-order chi connectivity index (χ1) is 13.9. The standard InChI is InChI=1S/C22H25ClN2O4/c23-16-11-15(8-9-17(16)25-20(26)12-4-2-1-3-5-12)24-21(27)18-13-6-7-14(10-13)19(18)22(28)29/h6-9,11-14,18-19H,1-5,10H2,(H,24,27)(H,25,26)(H,28,29)/t13-,14+,18-,19+/m0/s1. The normalized spacial score (nSPS) is 28.3. The molecule has 6 nitrogen and oxygen atoms in total. The van der Waals surface area contributed by atoms with Crippen molar-refractivity contribution in [3.8, 4) is 0 Å². The van der Waals surface area contributed by atoms with E-state index < -0.39 is 17.8 Å². The van der Waals surface area contributed by atoms with Crippen molar-refractivity contribution in [3.63, 3.8) is 0 Å². The average molecular weight is 417 g/mol. The van der Waals surface area contributed by atoms with Gasteiger partial charge in [0.15, 0.2) is 0 Å². The number of benzene rings is 1. The fourth-order valence-corrected chi connectivity index (χ4v) is 5.26. The molecule has 2 bridgehead atoms. The predicted molar refractivity (Wildman–Crippen MR) is 111 cm³/mol. The van der Waals surface area contributed by atoms with Gasteiger partial charge in [0.25, 0.3) is 0 Å². The third-order valence-corrected chi connectivity index (χ3v) is 6.83. The molecule has 4 rings (SSSR count). The number of halogens is 1. The minimum atomic E-state index is -0.930. The van der Waals surface area contributed by atoms with Gasteiger partial charge in [-0.05, 0) is 49.3 Å². The Bertz CT molecular complexity index is 862. The highest BCUT2D eigenvalue weighted by molar-refractivity contribution is 6.34. The molecule has 0 unspecified atom stereocenters. The molecule has 0 aliphatic heterocycles. The number of rotatable bonds is 5. The van der Waals surface area contributed by atoms with Crippen LogP contribution >= 0.6 is 11.6 Å². The van der Waals surface area contributed by atoms with Crippen molar-refractivity contribution in [2.75, 3.05) is 10.6 Å². The summed E-state index contributed by atoms with van der Waals surface area (Å²) in [6.45, 7) is 0. The molecule has 0 radical (unpaired) electrons. The van der Waals surface area contributed by atoms with Crippen molar-refractivity contribution in [2.45, 2.75) is 38.5 Å². The number of hydrogen-bond acceptors (Lipinski definition) is 3. The number of nitrogens with one attached hydrogen (secondary N) is 2. The Morgan fingerprint density at radius 1 is 0.931 bits per heavy atom. The summed E-state index contributed by atoms with van der Waals surface area (Å²) in [5, 5.41) is 15.6. The number of carbonyl (C=O) groups excluding carboxylic acids is 2. The zero-order chi connectivity index (χ0) is 20.5. The van der Waals surface area contributed by atoms with Crippen LogP contribution in [0, 0.1) is 29.6 Å². The summed E-state index contributed by atoms with van der Waals surface area (Å²) in [7, 11) is 0. The molecule has 3 aliphatic rings. The van der Waals surface area contributed by atoms with Crippen molar-refractivity contribution in [1.29, 1.82) is 0 Å². The van der Waals surface area contributed by atoms with Gasteiger partial charge in [-0.25, -0.2) is 0 Å². The number of carboxylic acids is 1. The van der Waals surface area contributed by atoms with Crippen LogP contribution in [0.2, 0.25) is 5.02 Å². The maximum atomic E-state index is 12.8. The Balaban J connectivity index is 1.41. The van der Waals surface area contributed by atoms with Crippen molar-refractivity contribution in [1.82, 2.24) is 0 Å². The molecule has 4 atom stereocenters. The van der Waals surface area contributed by atoms with Crippen LogP contribution in [0.1, 0.15) is 38.5 Å². The molecule has 0 heterocycles. The highest BCUT2D eigenvalue weighted by Crippen LogP contribution is 2.48. The first-order valence-corrected chi connectivity index (χ1v) is 10.6. The molecule has 7 heteroatoms. The molecular formula is C22H25ClN2O4. The SMILES string of the molecule is O=C(Nc1ccc(NC(=O)[C@@H]2[C@H](C(=O)O)[C@@H]3C=C[C@H]2C3)cc1Cl)C1CCCCC1. The van der Waals surface area contributed by atoms with Gasteiger partial charge in [-0.15, -0.1) is 0 Å². The molecule has 1 aromatic rings. The molecule has 29 heavy (non-hydrogen) atoms. The van der Waals surface area contributed by atoms with Crippen LogP contribution in [0.15, 0.2) is 30.4 Å². The molecule has 0 spiro atoms. The second kappa shape index (κ2) is 8.19. The Kier molecular flexibility index (Phi) is 5.63. The number of hydrogen-bond donors (Lipinski definition) is 3. The number of anilines is 2. The minimum absolute atomic E-state index is 0.0125. The van der Waals surface area contributed by atoms with E-state index in [1.165, 1.54) is 6.42 Å². The summed E-state index contributed by atoms with van der Waals surface area (Å²) in [6.07, 6.45) is 9.71. The first-order valence-electron chi connectivity index (χ1n) is 10.3. The molecule has 2 fully saturated rings. The van der Waals surface area contributed by atoms with Crippen LogP contribution in [0.25, 0.3) is 0 Å². The van der Waals surface area contributed by atoms with Gasteiger partial charge in [0.2, 0.25) is 11.8 Å². The number of aliphatic carboxylic acids is 1. The van der Waals surface area contributed by atoms with Crippen molar-refractivity contribution in [3.05, 3.63) is 35.4 Å². The predicted octanol–water partition coefficient (Wildman–Crippen LogP) is 4.32. The number of amides is 2. The Hall–Kier alpha value is -2.34. The zero-order valence-corrected chi connectivity index (χ0v) is 16.8. The maximum Gasteiger partial charge on any atom is 0.307 e. The van der Waals surface area contributed by atoms with Gasteiger partial charge < -0.3 is 15.7 Å². The van der Waals surface area contributed by atoms with E-state index in [1.54, 1.807) is 18.2 Å². The summed E-state index contributed by atoms with van der Waals surface area (Å²) in [4.78, 5) is 36.8. The number of carboxylic acid groups (broad SMARTS) is 1. The molecule has 0 saturated heterocycles. The lowest BCUT2D eigenvalue weighted by Gasteiger charge is -2.24. The van der Waals surface area contributed by atoms with E-state index in [0.717, 1.165) is 25.7 Å². The summed E-state index contributed by atoms with van der Waals surface area (Å²) >= 11 is 6.33. The van der Waals surface area contributed by atoms with Gasteiger partial charge >= 0.3 is 5.97 Å². The van der Waals surface area contributed by atoms with E-state index >= 15 is 0 Å². The molecule has 3 N–H and O–H groups in total. The maximum absolute atomic E-state index is 12.8. The third-order valence-electron chi connectivity index (χ3n) is 6.52. The lowest BCUT2D eigenvalue weighted by Crippen LogP contribution is -2.36. The van der Waals surface area contributed by atoms with E-state index in [0.29, 0.717) is 22.8 Å². The highest BCUT2D eigenvalue weighted by Gasteiger charge is 2.51. The smallest absolute Gasteiger partial charge is 0.307 e. The van der Waals surface area contributed by atoms with Gasteiger partial charge in [-0.1, -0.05) is 43.0 Å². The lowest BCUT2D eigenvalue weighted by molar-refractivity contribution is -0.146. The monoisotopic (exact) mass is 416 g/mol. The van der Waals surface area contributed by atoms with Gasteiger partial charge in [-0.3, -0.25) is 14.4 Å². The molecule has 3 aliphatic carbocycles. The van der Waals surface area contributed by atoms with E-state index in [2.05, 4.69) is 10.6 Å². The summed E-state index contributed by atoms with van der Waals surface area (Å²) in [5.74, 6) is -2.59. The van der Waals surface area contributed by atoms with E-state index in [4.69, 9.17) is 11.6 Å². The number of allylic oxidation sites excluding steroid dienone is 2. The quantitative estimate of drug-likeness (QED) is 0.623. The second-order valence-electron chi connectivity index (χ2n) is 8.35. The molecule has 0 aromatic heterocycles. The number of fused-ring (bicyclic) bond motifs is 2. The van der Waals surface area contributed by atoms with Crippen molar-refractivity contribution < 1.29 is 19.5 Å². The van der Waals surface area contributed by atoms with Crippen LogP contribution in [0.5, 0.6) is 0 Å². The Morgan fingerprint density at radius 2 is 1.62 bits per heavy atom. The van der Waals surface area contributed by atoms with Crippen LogP contribution in [-0.2, 0) is 14.4 Å². The zero-order valence-electron chi connectivity index (χ0n) is 16.1. The molecule has 154 valence electrons. The summed E-state index contributed by atoms with van der Waals surface area (Å²) < 4.78 is 0. The minimum Gasteiger partial charge on any atom is -0.481 e. The fraction of sp³-hybridized carbons (Fsp3) is 0.500. The highest BCUT2D eigenvalue weighted by atomic mass is 35.5. The molecular weight excluding hydrogens is 392 g/mol. The summed E-state index contributed by atoms with van der Waals surface area (Å²) in [6, 6.07) is 4.95. The van der Waals surface area contributed by atoms with E-state index in [1.807, 2.05) is 12.2 Å². The van der Waals surface area contributed by atoms with Crippen LogP contribution in [0.4, 0.5) is 11.4 Å². The molecule has 2 saturated carbocycles. The van der Waals surface area contributed by atoms with Crippen LogP contribution in [-0.4, -0.2) is 22.9 Å². The van der Waals surface area contributed by atoms with E-state index in [9.17, 15) is 19.5 Å². The van der Waals surface area contributed by atoms with Crippen LogP contribution in [0.3, 0.4) is 0 Å². The van der Waals surface area contributed by atoms with E-state index in [-0.39, 0.29) is 29.6 Å². The van der Waals surface area contributed by atoms with Crippen LogP contribution < -0.4 is 10.6 Å². The second-order valence-corrected chi connectivity index (χ2v) is 8.75. The number of carbonyl (C=O) groups is 3. The van der Waals surface area contributed by atoms with Gasteiger partial charge in [0.1, 0.15) is 0 Å². The average Bonchev–Trinajstić information content (AvgIpc) is 3.32.